The third-order valence-corrected chi connectivity index (χ3v) is 3.42. The topological polar surface area (TPSA) is 90.0 Å². The zero-order chi connectivity index (χ0) is 14.1. The number of aromatic nitrogens is 3. The van der Waals surface area contributed by atoms with E-state index in [4.69, 9.17) is 0 Å². The van der Waals surface area contributed by atoms with Crippen molar-refractivity contribution >= 4 is 11.7 Å². The summed E-state index contributed by atoms with van der Waals surface area (Å²) in [6.07, 6.45) is 4.11. The molecule has 104 valence electrons. The molecule has 1 aliphatic carbocycles. The molecule has 2 aromatic rings. The molecule has 1 N–H and O–H groups in total. The molecule has 0 bridgehead atoms. The number of amides is 1. The largest absolute Gasteiger partial charge is 0.363 e. The Labute approximate surface area is 114 Å². The van der Waals surface area contributed by atoms with Crippen LogP contribution in [0.5, 0.6) is 0 Å². The molecule has 0 saturated heterocycles. The van der Waals surface area contributed by atoms with Gasteiger partial charge in [-0.3, -0.25) is 9.59 Å². The fraction of sp³-hybridized carbons (Fsp3) is 0.385. The van der Waals surface area contributed by atoms with Crippen molar-refractivity contribution in [1.29, 1.82) is 0 Å². The standard InChI is InChI=1S/C13H14N4O3/c1-8(13(19)14-11-5-6-20-16-11)17-12(18)7-9-3-2-4-10(9)15-17/h5-8H,2-4H2,1H3,(H,14,16,19)/t8-/m0/s1. The third kappa shape index (κ3) is 2.22. The Kier molecular flexibility index (Phi) is 3.09. The van der Waals surface area contributed by atoms with Gasteiger partial charge in [-0.05, 0) is 31.7 Å². The van der Waals surface area contributed by atoms with E-state index in [0.29, 0.717) is 5.82 Å². The zero-order valence-corrected chi connectivity index (χ0v) is 11.0. The fourth-order valence-electron chi connectivity index (χ4n) is 2.31. The Morgan fingerprint density at radius 2 is 2.35 bits per heavy atom. The predicted molar refractivity (Wildman–Crippen MR) is 70.4 cm³/mol. The van der Waals surface area contributed by atoms with Crippen LogP contribution in [-0.2, 0) is 17.6 Å². The first kappa shape index (κ1) is 12.6. The van der Waals surface area contributed by atoms with Crippen molar-refractivity contribution in [1.82, 2.24) is 14.9 Å². The Hall–Kier alpha value is -2.44. The molecule has 1 atom stereocenters. The Balaban J connectivity index is 1.85. The molecule has 7 heteroatoms. The highest BCUT2D eigenvalue weighted by atomic mass is 16.5. The first-order chi connectivity index (χ1) is 9.65. The lowest BCUT2D eigenvalue weighted by atomic mass is 10.2. The van der Waals surface area contributed by atoms with Crippen molar-refractivity contribution in [3.63, 3.8) is 0 Å². The third-order valence-electron chi connectivity index (χ3n) is 3.42. The molecule has 0 fully saturated rings. The average Bonchev–Trinajstić information content (AvgIpc) is 3.07. The molecule has 0 saturated carbocycles. The highest BCUT2D eigenvalue weighted by Gasteiger charge is 2.21. The van der Waals surface area contributed by atoms with Crippen LogP contribution >= 0.6 is 0 Å². The second-order valence-electron chi connectivity index (χ2n) is 4.80. The number of carbonyl (C=O) groups is 1. The van der Waals surface area contributed by atoms with Crippen LogP contribution in [-0.4, -0.2) is 20.8 Å². The van der Waals surface area contributed by atoms with Crippen LogP contribution in [0.4, 0.5) is 5.82 Å². The van der Waals surface area contributed by atoms with Crippen LogP contribution in [0.1, 0.15) is 30.6 Å². The summed E-state index contributed by atoms with van der Waals surface area (Å²) in [5.74, 6) is -0.0393. The van der Waals surface area contributed by atoms with Crippen molar-refractivity contribution in [2.45, 2.75) is 32.2 Å². The summed E-state index contributed by atoms with van der Waals surface area (Å²) >= 11 is 0. The molecule has 20 heavy (non-hydrogen) atoms. The summed E-state index contributed by atoms with van der Waals surface area (Å²) < 4.78 is 5.86. The van der Waals surface area contributed by atoms with Gasteiger partial charge >= 0.3 is 0 Å². The summed E-state index contributed by atoms with van der Waals surface area (Å²) in [5, 5.41) is 10.5. The zero-order valence-electron chi connectivity index (χ0n) is 11.0. The van der Waals surface area contributed by atoms with E-state index in [1.54, 1.807) is 13.0 Å². The number of hydrogen-bond acceptors (Lipinski definition) is 5. The number of anilines is 1. The summed E-state index contributed by atoms with van der Waals surface area (Å²) in [5.41, 5.74) is 1.65. The molecule has 0 unspecified atom stereocenters. The molecule has 2 aromatic heterocycles. The molecule has 1 aliphatic rings. The Morgan fingerprint density at radius 3 is 3.10 bits per heavy atom. The van der Waals surface area contributed by atoms with Gasteiger partial charge in [0.15, 0.2) is 5.82 Å². The van der Waals surface area contributed by atoms with E-state index in [1.165, 1.54) is 17.0 Å². The molecular formula is C13H14N4O3. The molecule has 0 aromatic carbocycles. The summed E-state index contributed by atoms with van der Waals surface area (Å²) in [7, 11) is 0. The minimum atomic E-state index is -0.704. The quantitative estimate of drug-likeness (QED) is 0.898. The van der Waals surface area contributed by atoms with E-state index in [1.807, 2.05) is 0 Å². The number of aryl methyl sites for hydroxylation is 2. The van der Waals surface area contributed by atoms with Gasteiger partial charge in [-0.25, -0.2) is 4.68 Å². The molecule has 7 nitrogen and oxygen atoms in total. The molecule has 0 aliphatic heterocycles. The van der Waals surface area contributed by atoms with Gasteiger partial charge in [-0.15, -0.1) is 0 Å². The number of fused-ring (bicyclic) bond motifs is 1. The van der Waals surface area contributed by atoms with E-state index < -0.39 is 6.04 Å². The van der Waals surface area contributed by atoms with Crippen LogP contribution in [0.2, 0.25) is 0 Å². The lowest BCUT2D eigenvalue weighted by Gasteiger charge is -2.13. The molecular weight excluding hydrogens is 260 g/mol. The predicted octanol–water partition coefficient (Wildman–Crippen LogP) is 0.920. The Morgan fingerprint density at radius 1 is 1.50 bits per heavy atom. The number of hydrogen-bond donors (Lipinski definition) is 1. The second-order valence-corrected chi connectivity index (χ2v) is 4.80. The highest BCUT2D eigenvalue weighted by Crippen LogP contribution is 2.18. The van der Waals surface area contributed by atoms with Crippen LogP contribution in [0.15, 0.2) is 27.7 Å². The lowest BCUT2D eigenvalue weighted by molar-refractivity contribution is -0.119. The van der Waals surface area contributed by atoms with Gasteiger partial charge in [-0.1, -0.05) is 5.16 Å². The molecule has 2 heterocycles. The van der Waals surface area contributed by atoms with E-state index in [2.05, 4.69) is 20.1 Å². The highest BCUT2D eigenvalue weighted by molar-refractivity contribution is 5.92. The summed E-state index contributed by atoms with van der Waals surface area (Å²) in [6, 6.07) is 2.41. The monoisotopic (exact) mass is 274 g/mol. The summed E-state index contributed by atoms with van der Waals surface area (Å²) in [4.78, 5) is 24.1. The normalized spacial score (nSPS) is 14.8. The number of nitrogens with zero attached hydrogens (tertiary/aromatic N) is 3. The van der Waals surface area contributed by atoms with Gasteiger partial charge in [0, 0.05) is 12.1 Å². The first-order valence-electron chi connectivity index (χ1n) is 6.48. The smallest absolute Gasteiger partial charge is 0.267 e. The Bertz CT molecular complexity index is 690. The van der Waals surface area contributed by atoms with Crippen molar-refractivity contribution < 1.29 is 9.32 Å². The molecule has 3 rings (SSSR count). The molecule has 1 amide bonds. The van der Waals surface area contributed by atoms with Gasteiger partial charge in [-0.2, -0.15) is 5.10 Å². The maximum atomic E-state index is 12.1. The van der Waals surface area contributed by atoms with Gasteiger partial charge in [0.25, 0.3) is 5.56 Å². The maximum absolute atomic E-state index is 12.1. The minimum absolute atomic E-state index is 0.256. The number of nitrogens with one attached hydrogen (secondary N) is 1. The van der Waals surface area contributed by atoms with Gasteiger partial charge in [0.1, 0.15) is 12.3 Å². The maximum Gasteiger partial charge on any atom is 0.267 e. The SMILES string of the molecule is C[C@@H](C(=O)Nc1ccon1)n1nc2c(cc1=O)CCC2. The van der Waals surface area contributed by atoms with Crippen LogP contribution < -0.4 is 10.9 Å². The number of rotatable bonds is 3. The van der Waals surface area contributed by atoms with Crippen LogP contribution in [0.3, 0.4) is 0 Å². The first-order valence-corrected chi connectivity index (χ1v) is 6.48. The van der Waals surface area contributed by atoms with Gasteiger partial charge in [0.05, 0.1) is 5.69 Å². The fourth-order valence-corrected chi connectivity index (χ4v) is 2.31. The summed E-state index contributed by atoms with van der Waals surface area (Å²) in [6.45, 7) is 1.63. The van der Waals surface area contributed by atoms with E-state index >= 15 is 0 Å². The number of carbonyl (C=O) groups excluding carboxylic acids is 1. The average molecular weight is 274 g/mol. The minimum Gasteiger partial charge on any atom is -0.363 e. The van der Waals surface area contributed by atoms with E-state index in [9.17, 15) is 9.59 Å². The van der Waals surface area contributed by atoms with E-state index in [0.717, 1.165) is 30.5 Å². The van der Waals surface area contributed by atoms with Crippen LogP contribution in [0.25, 0.3) is 0 Å². The van der Waals surface area contributed by atoms with Crippen molar-refractivity contribution in [2.24, 2.45) is 0 Å². The van der Waals surface area contributed by atoms with Crippen molar-refractivity contribution in [3.05, 3.63) is 40.0 Å². The van der Waals surface area contributed by atoms with E-state index in [-0.39, 0.29) is 11.5 Å². The van der Waals surface area contributed by atoms with Gasteiger partial charge < -0.3 is 9.84 Å². The molecule has 0 radical (unpaired) electrons. The van der Waals surface area contributed by atoms with Crippen molar-refractivity contribution in [3.8, 4) is 0 Å². The van der Waals surface area contributed by atoms with Crippen LogP contribution in [0, 0.1) is 0 Å². The van der Waals surface area contributed by atoms with Crippen molar-refractivity contribution in [2.75, 3.05) is 5.32 Å². The van der Waals surface area contributed by atoms with Gasteiger partial charge in [0.2, 0.25) is 5.91 Å². The second kappa shape index (κ2) is 4.92. The lowest BCUT2D eigenvalue weighted by Crippen LogP contribution is -2.34. The molecule has 0 spiro atoms.